The van der Waals surface area contributed by atoms with E-state index in [9.17, 15) is 14.9 Å². The van der Waals surface area contributed by atoms with Crippen molar-refractivity contribution >= 4 is 17.3 Å². The standard InChI is InChI=1S/C12H17N3O4/c1-3-13-8-12(16)14-10-6-5-9(19-4-2)7-11(10)15(17)18/h5-7,13H,3-4,8H2,1-2H3,(H,14,16). The van der Waals surface area contributed by atoms with Gasteiger partial charge in [0.15, 0.2) is 0 Å². The van der Waals surface area contributed by atoms with Gasteiger partial charge in [0.25, 0.3) is 5.69 Å². The fourth-order valence-electron chi connectivity index (χ4n) is 1.46. The van der Waals surface area contributed by atoms with Gasteiger partial charge in [0.1, 0.15) is 11.4 Å². The molecule has 1 aromatic carbocycles. The predicted molar refractivity (Wildman–Crippen MR) is 71.4 cm³/mol. The van der Waals surface area contributed by atoms with Crippen molar-refractivity contribution in [1.29, 1.82) is 0 Å². The average Bonchev–Trinajstić information content (AvgIpc) is 2.38. The van der Waals surface area contributed by atoms with Crippen molar-refractivity contribution in [3.05, 3.63) is 28.3 Å². The van der Waals surface area contributed by atoms with Crippen LogP contribution in [-0.4, -0.2) is 30.5 Å². The lowest BCUT2D eigenvalue weighted by Gasteiger charge is -2.08. The van der Waals surface area contributed by atoms with Crippen LogP contribution in [0.3, 0.4) is 0 Å². The number of nitrogens with zero attached hydrogens (tertiary/aromatic N) is 1. The molecule has 7 nitrogen and oxygen atoms in total. The first-order chi connectivity index (χ1) is 9.08. The van der Waals surface area contributed by atoms with E-state index in [4.69, 9.17) is 4.74 Å². The number of nitro benzene ring substituents is 1. The van der Waals surface area contributed by atoms with Gasteiger partial charge >= 0.3 is 0 Å². The van der Waals surface area contributed by atoms with E-state index in [0.717, 1.165) is 0 Å². The van der Waals surface area contributed by atoms with Gasteiger partial charge in [0, 0.05) is 0 Å². The lowest BCUT2D eigenvalue weighted by molar-refractivity contribution is -0.384. The van der Waals surface area contributed by atoms with Gasteiger partial charge in [-0.2, -0.15) is 0 Å². The van der Waals surface area contributed by atoms with Gasteiger partial charge in [-0.15, -0.1) is 0 Å². The molecule has 0 saturated carbocycles. The maximum absolute atomic E-state index is 11.5. The molecule has 0 aliphatic heterocycles. The van der Waals surface area contributed by atoms with E-state index < -0.39 is 4.92 Å². The Bertz CT molecular complexity index is 462. The second-order valence-corrected chi connectivity index (χ2v) is 3.70. The summed E-state index contributed by atoms with van der Waals surface area (Å²) >= 11 is 0. The van der Waals surface area contributed by atoms with Crippen LogP contribution >= 0.6 is 0 Å². The van der Waals surface area contributed by atoms with Crippen LogP contribution in [0.1, 0.15) is 13.8 Å². The predicted octanol–water partition coefficient (Wildman–Crippen LogP) is 1.54. The van der Waals surface area contributed by atoms with Crippen LogP contribution in [0, 0.1) is 10.1 Å². The molecule has 0 radical (unpaired) electrons. The highest BCUT2D eigenvalue weighted by Crippen LogP contribution is 2.28. The number of hydrogen-bond donors (Lipinski definition) is 2. The highest BCUT2D eigenvalue weighted by molar-refractivity contribution is 5.94. The van der Waals surface area contributed by atoms with Crippen LogP contribution in [0.4, 0.5) is 11.4 Å². The Labute approximate surface area is 111 Å². The van der Waals surface area contributed by atoms with E-state index in [2.05, 4.69) is 10.6 Å². The molecule has 0 unspecified atom stereocenters. The molecule has 0 aliphatic rings. The molecule has 0 fully saturated rings. The molecule has 0 atom stereocenters. The van der Waals surface area contributed by atoms with Crippen LogP contribution in [0.25, 0.3) is 0 Å². The molecule has 0 aromatic heterocycles. The Balaban J connectivity index is 2.87. The summed E-state index contributed by atoms with van der Waals surface area (Å²) in [5, 5.41) is 16.3. The number of rotatable bonds is 7. The van der Waals surface area contributed by atoms with Crippen molar-refractivity contribution in [3.63, 3.8) is 0 Å². The van der Waals surface area contributed by atoms with Crippen molar-refractivity contribution in [2.75, 3.05) is 25.0 Å². The normalized spacial score (nSPS) is 10.0. The summed E-state index contributed by atoms with van der Waals surface area (Å²) in [6, 6.07) is 4.35. The maximum Gasteiger partial charge on any atom is 0.296 e. The molecule has 2 N–H and O–H groups in total. The number of hydrogen-bond acceptors (Lipinski definition) is 5. The molecule has 1 amide bonds. The topological polar surface area (TPSA) is 93.5 Å². The zero-order valence-corrected chi connectivity index (χ0v) is 10.9. The van der Waals surface area contributed by atoms with E-state index in [0.29, 0.717) is 18.9 Å². The maximum atomic E-state index is 11.5. The lowest BCUT2D eigenvalue weighted by atomic mass is 10.2. The minimum absolute atomic E-state index is 0.112. The Morgan fingerprint density at radius 2 is 2.16 bits per heavy atom. The molecule has 19 heavy (non-hydrogen) atoms. The van der Waals surface area contributed by atoms with Crippen molar-refractivity contribution < 1.29 is 14.5 Å². The van der Waals surface area contributed by atoms with Crippen LogP contribution < -0.4 is 15.4 Å². The zero-order chi connectivity index (χ0) is 14.3. The molecule has 0 aliphatic carbocycles. The van der Waals surface area contributed by atoms with Crippen molar-refractivity contribution in [3.8, 4) is 5.75 Å². The van der Waals surface area contributed by atoms with Gasteiger partial charge in [-0.25, -0.2) is 0 Å². The smallest absolute Gasteiger partial charge is 0.296 e. The lowest BCUT2D eigenvalue weighted by Crippen LogP contribution is -2.28. The molecule has 0 bridgehead atoms. The number of nitro groups is 1. The van der Waals surface area contributed by atoms with E-state index in [-0.39, 0.29) is 23.8 Å². The van der Waals surface area contributed by atoms with Crippen molar-refractivity contribution in [2.24, 2.45) is 0 Å². The minimum atomic E-state index is -0.550. The number of benzene rings is 1. The van der Waals surface area contributed by atoms with Gasteiger partial charge in [0.05, 0.1) is 24.1 Å². The first kappa shape index (κ1) is 14.9. The van der Waals surface area contributed by atoms with Crippen molar-refractivity contribution in [1.82, 2.24) is 5.32 Å². The summed E-state index contributed by atoms with van der Waals surface area (Å²) in [6.45, 7) is 4.84. The summed E-state index contributed by atoms with van der Waals surface area (Å²) in [7, 11) is 0. The molecular formula is C12H17N3O4. The summed E-state index contributed by atoms with van der Waals surface area (Å²) in [6.07, 6.45) is 0. The molecule has 0 saturated heterocycles. The van der Waals surface area contributed by atoms with E-state index in [1.807, 2.05) is 6.92 Å². The number of carbonyl (C=O) groups excluding carboxylic acids is 1. The summed E-state index contributed by atoms with van der Waals surface area (Å²) in [5.74, 6) is 0.0768. The number of likely N-dealkylation sites (N-methyl/N-ethyl adjacent to an activating group) is 1. The van der Waals surface area contributed by atoms with Crippen molar-refractivity contribution in [2.45, 2.75) is 13.8 Å². The molecular weight excluding hydrogens is 250 g/mol. The van der Waals surface area contributed by atoms with E-state index >= 15 is 0 Å². The Morgan fingerprint density at radius 3 is 2.74 bits per heavy atom. The number of ether oxygens (including phenoxy) is 1. The van der Waals surface area contributed by atoms with Crippen LogP contribution in [0.15, 0.2) is 18.2 Å². The highest BCUT2D eigenvalue weighted by atomic mass is 16.6. The first-order valence-corrected chi connectivity index (χ1v) is 6.00. The molecule has 0 spiro atoms. The number of carbonyl (C=O) groups is 1. The SMILES string of the molecule is CCNCC(=O)Nc1ccc(OCC)cc1[N+](=O)[O-]. The molecule has 1 rings (SSSR count). The van der Waals surface area contributed by atoms with Gasteiger partial charge in [-0.3, -0.25) is 14.9 Å². The second kappa shape index (κ2) is 7.32. The van der Waals surface area contributed by atoms with Crippen LogP contribution in [-0.2, 0) is 4.79 Å². The van der Waals surface area contributed by atoms with E-state index in [1.165, 1.54) is 12.1 Å². The fourth-order valence-corrected chi connectivity index (χ4v) is 1.46. The summed E-state index contributed by atoms with van der Waals surface area (Å²) < 4.78 is 5.19. The fraction of sp³-hybridized carbons (Fsp3) is 0.417. The second-order valence-electron chi connectivity index (χ2n) is 3.70. The van der Waals surface area contributed by atoms with Gasteiger partial charge in [0.2, 0.25) is 5.91 Å². The third kappa shape index (κ3) is 4.55. The molecule has 0 heterocycles. The summed E-state index contributed by atoms with van der Waals surface area (Å²) in [4.78, 5) is 21.9. The van der Waals surface area contributed by atoms with Gasteiger partial charge in [-0.05, 0) is 25.6 Å². The van der Waals surface area contributed by atoms with E-state index in [1.54, 1.807) is 13.0 Å². The monoisotopic (exact) mass is 267 g/mol. The highest BCUT2D eigenvalue weighted by Gasteiger charge is 2.17. The van der Waals surface area contributed by atoms with Crippen LogP contribution in [0.5, 0.6) is 5.75 Å². The molecule has 104 valence electrons. The third-order valence-electron chi connectivity index (χ3n) is 2.29. The molecule has 1 aromatic rings. The quantitative estimate of drug-likeness (QED) is 0.577. The Morgan fingerprint density at radius 1 is 1.42 bits per heavy atom. The molecule has 7 heteroatoms. The van der Waals surface area contributed by atoms with Crippen LogP contribution in [0.2, 0.25) is 0 Å². The average molecular weight is 267 g/mol. The summed E-state index contributed by atoms with van der Waals surface area (Å²) in [5.41, 5.74) is -0.0212. The Kier molecular flexibility index (Phi) is 5.74. The number of amides is 1. The Hall–Kier alpha value is -2.15. The zero-order valence-electron chi connectivity index (χ0n) is 10.9. The largest absolute Gasteiger partial charge is 0.494 e. The third-order valence-corrected chi connectivity index (χ3v) is 2.29. The van der Waals surface area contributed by atoms with Gasteiger partial charge in [-0.1, -0.05) is 6.92 Å². The number of nitrogens with one attached hydrogen (secondary N) is 2. The number of anilines is 1. The minimum Gasteiger partial charge on any atom is -0.494 e. The van der Waals surface area contributed by atoms with Gasteiger partial charge < -0.3 is 15.4 Å². The first-order valence-electron chi connectivity index (χ1n) is 6.00.